The number of carbonyl (C=O) groups excluding carboxylic acids is 2. The highest BCUT2D eigenvalue weighted by molar-refractivity contribution is 5.86. The fraction of sp³-hybridized carbons (Fsp3) is 0.304. The van der Waals surface area contributed by atoms with Gasteiger partial charge in [0.1, 0.15) is 0 Å². The van der Waals surface area contributed by atoms with Crippen molar-refractivity contribution in [2.75, 3.05) is 0 Å². The average Bonchev–Trinajstić information content (AvgIpc) is 2.69. The lowest BCUT2D eigenvalue weighted by Gasteiger charge is -2.23. The van der Waals surface area contributed by atoms with E-state index in [-0.39, 0.29) is 36.2 Å². The zero-order chi connectivity index (χ0) is 19.1. The second-order valence-electron chi connectivity index (χ2n) is 7.05. The second kappa shape index (κ2) is 9.17. The number of amides is 2. The van der Waals surface area contributed by atoms with Crippen LogP contribution in [0.15, 0.2) is 72.8 Å². The molecule has 0 aromatic heterocycles. The van der Waals surface area contributed by atoms with Gasteiger partial charge in [0.25, 0.3) is 0 Å². The van der Waals surface area contributed by atoms with Gasteiger partial charge in [-0.15, -0.1) is 0 Å². The van der Waals surface area contributed by atoms with E-state index in [0.717, 1.165) is 24.0 Å². The van der Waals surface area contributed by atoms with Crippen LogP contribution in [0.25, 0.3) is 0 Å². The Balaban J connectivity index is 1.83. The van der Waals surface area contributed by atoms with Crippen molar-refractivity contribution in [3.8, 4) is 0 Å². The zero-order valence-corrected chi connectivity index (χ0v) is 15.6. The van der Waals surface area contributed by atoms with Crippen LogP contribution in [-0.4, -0.2) is 11.8 Å². The summed E-state index contributed by atoms with van der Waals surface area (Å²) in [5, 5.41) is 6.17. The predicted octanol–water partition coefficient (Wildman–Crippen LogP) is 4.08. The van der Waals surface area contributed by atoms with Gasteiger partial charge >= 0.3 is 0 Å². The van der Waals surface area contributed by atoms with Gasteiger partial charge in [-0.05, 0) is 24.0 Å². The van der Waals surface area contributed by atoms with E-state index in [2.05, 4.69) is 22.8 Å². The minimum Gasteiger partial charge on any atom is -0.349 e. The Labute approximate surface area is 160 Å². The first kappa shape index (κ1) is 18.9. The molecule has 0 fully saturated rings. The summed E-state index contributed by atoms with van der Waals surface area (Å²) in [4.78, 5) is 25.1. The van der Waals surface area contributed by atoms with E-state index >= 15 is 0 Å². The topological polar surface area (TPSA) is 58.2 Å². The molecule has 4 nitrogen and oxygen atoms in total. The third kappa shape index (κ3) is 5.30. The molecule has 0 radical (unpaired) electrons. The molecule has 3 rings (SSSR count). The highest BCUT2D eigenvalue weighted by atomic mass is 16.2. The molecule has 0 spiro atoms. The van der Waals surface area contributed by atoms with Crippen LogP contribution >= 0.6 is 0 Å². The molecule has 4 heteroatoms. The molecular weight excluding hydrogens is 336 g/mol. The summed E-state index contributed by atoms with van der Waals surface area (Å²) in [6.45, 7) is 1.80. The lowest BCUT2D eigenvalue weighted by atomic mass is 9.98. The van der Waals surface area contributed by atoms with Gasteiger partial charge in [0, 0.05) is 12.3 Å². The fourth-order valence-corrected chi connectivity index (χ4v) is 3.33. The molecule has 0 saturated heterocycles. The molecule has 0 saturated carbocycles. The maximum absolute atomic E-state index is 12.6. The van der Waals surface area contributed by atoms with E-state index in [1.165, 1.54) is 0 Å². The van der Waals surface area contributed by atoms with Crippen LogP contribution in [0.5, 0.6) is 0 Å². The molecule has 2 aromatic rings. The molecule has 1 aliphatic rings. The van der Waals surface area contributed by atoms with Gasteiger partial charge in [0.2, 0.25) is 11.8 Å². The largest absolute Gasteiger partial charge is 0.349 e. The molecule has 3 atom stereocenters. The molecule has 0 aliphatic carbocycles. The molecule has 1 aliphatic heterocycles. The van der Waals surface area contributed by atoms with E-state index in [0.29, 0.717) is 0 Å². The Kier molecular flexibility index (Phi) is 6.42. The Morgan fingerprint density at radius 2 is 1.22 bits per heavy atom. The van der Waals surface area contributed by atoms with Crippen LogP contribution in [0.4, 0.5) is 0 Å². The summed E-state index contributed by atoms with van der Waals surface area (Å²) >= 11 is 0. The zero-order valence-electron chi connectivity index (χ0n) is 15.6. The Hall–Kier alpha value is -2.88. The van der Waals surface area contributed by atoms with Crippen molar-refractivity contribution in [3.63, 3.8) is 0 Å². The first-order chi connectivity index (χ1) is 13.1. The number of hydrogen-bond acceptors (Lipinski definition) is 2. The summed E-state index contributed by atoms with van der Waals surface area (Å²) in [7, 11) is 0. The number of nitrogens with one attached hydrogen (secondary N) is 2. The molecule has 2 amide bonds. The van der Waals surface area contributed by atoms with Crippen molar-refractivity contribution < 1.29 is 9.59 Å². The second-order valence-corrected chi connectivity index (χ2v) is 7.05. The van der Waals surface area contributed by atoms with Crippen LogP contribution in [-0.2, 0) is 9.59 Å². The van der Waals surface area contributed by atoms with Crippen molar-refractivity contribution in [1.29, 1.82) is 0 Å². The van der Waals surface area contributed by atoms with E-state index in [1.807, 2.05) is 60.7 Å². The molecule has 0 unspecified atom stereocenters. The van der Waals surface area contributed by atoms with Crippen molar-refractivity contribution in [2.24, 2.45) is 5.92 Å². The van der Waals surface area contributed by atoms with Gasteiger partial charge in [0.15, 0.2) is 0 Å². The smallest absolute Gasteiger partial charge is 0.223 e. The highest BCUT2D eigenvalue weighted by Crippen LogP contribution is 2.22. The molecule has 2 N–H and O–H groups in total. The summed E-state index contributed by atoms with van der Waals surface area (Å²) in [6, 6.07) is 19.8. The minimum absolute atomic E-state index is 0.0835. The van der Waals surface area contributed by atoms with Gasteiger partial charge in [-0.25, -0.2) is 0 Å². The van der Waals surface area contributed by atoms with E-state index in [4.69, 9.17) is 0 Å². The van der Waals surface area contributed by atoms with Crippen LogP contribution in [0, 0.1) is 5.92 Å². The summed E-state index contributed by atoms with van der Waals surface area (Å²) < 4.78 is 0. The molecule has 1 heterocycles. The standard InChI is InChI=1S/C23H26N2O2/c1-17-16-22(26)24-20(18-10-4-2-5-11-18)14-8-9-15-21(25-23(17)27)19-12-6-3-7-13-19/h2-13,17,20-21H,14-16H2,1H3,(H,24,26)(H,25,27)/b9-8-/t17-,20+,21-/m0/s1. The van der Waals surface area contributed by atoms with Crippen molar-refractivity contribution in [2.45, 2.75) is 38.3 Å². The SMILES string of the molecule is C[C@H]1CC(=O)N[C@@H](c2ccccc2)C/C=C\C[C@@H](c2ccccc2)NC1=O. The summed E-state index contributed by atoms with van der Waals surface area (Å²) in [5.41, 5.74) is 2.15. The fourth-order valence-electron chi connectivity index (χ4n) is 3.33. The minimum atomic E-state index is -0.379. The van der Waals surface area contributed by atoms with Crippen LogP contribution < -0.4 is 10.6 Å². The van der Waals surface area contributed by atoms with Crippen LogP contribution in [0.1, 0.15) is 49.4 Å². The third-order valence-corrected chi connectivity index (χ3v) is 4.90. The highest BCUT2D eigenvalue weighted by Gasteiger charge is 2.23. The number of hydrogen-bond donors (Lipinski definition) is 2. The monoisotopic (exact) mass is 362 g/mol. The third-order valence-electron chi connectivity index (χ3n) is 4.90. The van der Waals surface area contributed by atoms with Crippen LogP contribution in [0.3, 0.4) is 0 Å². The molecular formula is C23H26N2O2. The Morgan fingerprint density at radius 3 is 1.74 bits per heavy atom. The molecule has 27 heavy (non-hydrogen) atoms. The first-order valence-electron chi connectivity index (χ1n) is 9.48. The maximum atomic E-state index is 12.6. The van der Waals surface area contributed by atoms with E-state index in [9.17, 15) is 9.59 Å². The summed E-state index contributed by atoms with van der Waals surface area (Å²) in [5.74, 6) is -0.572. The number of benzene rings is 2. The quantitative estimate of drug-likeness (QED) is 0.791. The van der Waals surface area contributed by atoms with Gasteiger partial charge in [-0.3, -0.25) is 9.59 Å². The van der Waals surface area contributed by atoms with Gasteiger partial charge in [0.05, 0.1) is 12.1 Å². The van der Waals surface area contributed by atoms with Crippen LogP contribution in [0.2, 0.25) is 0 Å². The number of carbonyl (C=O) groups is 2. The predicted molar refractivity (Wildman–Crippen MR) is 107 cm³/mol. The molecule has 140 valence electrons. The van der Waals surface area contributed by atoms with E-state index < -0.39 is 0 Å². The lowest BCUT2D eigenvalue weighted by molar-refractivity contribution is -0.130. The van der Waals surface area contributed by atoms with Gasteiger partial charge < -0.3 is 10.6 Å². The van der Waals surface area contributed by atoms with Crippen molar-refractivity contribution >= 4 is 11.8 Å². The maximum Gasteiger partial charge on any atom is 0.223 e. The summed E-state index contributed by atoms with van der Waals surface area (Å²) in [6.07, 6.45) is 5.80. The van der Waals surface area contributed by atoms with Gasteiger partial charge in [-0.1, -0.05) is 79.7 Å². The van der Waals surface area contributed by atoms with Crippen molar-refractivity contribution in [3.05, 3.63) is 83.9 Å². The number of rotatable bonds is 2. The Bertz CT molecular complexity index is 787. The Morgan fingerprint density at radius 1 is 0.741 bits per heavy atom. The first-order valence-corrected chi connectivity index (χ1v) is 9.48. The molecule has 2 aromatic carbocycles. The molecule has 0 bridgehead atoms. The normalized spacial score (nSPS) is 25.4. The van der Waals surface area contributed by atoms with Gasteiger partial charge in [-0.2, -0.15) is 0 Å². The average molecular weight is 362 g/mol. The van der Waals surface area contributed by atoms with Crippen molar-refractivity contribution in [1.82, 2.24) is 10.6 Å². The lowest BCUT2D eigenvalue weighted by Crippen LogP contribution is -2.37. The van der Waals surface area contributed by atoms with E-state index in [1.54, 1.807) is 6.92 Å².